The molecule has 0 bridgehead atoms. The second-order valence-electron chi connectivity index (χ2n) is 6.67. The van der Waals surface area contributed by atoms with Crippen LogP contribution in [0, 0.1) is 0 Å². The number of rotatable bonds is 7. The fourth-order valence-electron chi connectivity index (χ4n) is 3.32. The molecule has 0 atom stereocenters. The zero-order valence-electron chi connectivity index (χ0n) is 14.8. The molecule has 0 fully saturated rings. The molecule has 0 aromatic heterocycles. The standard InChI is InChI=1S/C20H23NO4S/c1-25-20(13-16-7-5-6-8-17(16)14-20)15-21-19(22)11-12-26(23,24)18-9-3-2-4-10-18/h2-10H,11-15H2,1H3,(H,21,22). The first kappa shape index (κ1) is 18.6. The van der Waals surface area contributed by atoms with E-state index in [0.717, 1.165) is 12.8 Å². The Morgan fingerprint density at radius 1 is 1.04 bits per heavy atom. The van der Waals surface area contributed by atoms with Crippen LogP contribution in [0.5, 0.6) is 0 Å². The van der Waals surface area contributed by atoms with Gasteiger partial charge in [0, 0.05) is 32.9 Å². The molecule has 2 aromatic rings. The van der Waals surface area contributed by atoms with Gasteiger partial charge in [-0.05, 0) is 23.3 Å². The predicted molar refractivity (Wildman–Crippen MR) is 99.7 cm³/mol. The Labute approximate surface area is 154 Å². The van der Waals surface area contributed by atoms with Crippen molar-refractivity contribution in [1.82, 2.24) is 5.32 Å². The Bertz CT molecular complexity index is 853. The van der Waals surface area contributed by atoms with Crippen LogP contribution in [0.2, 0.25) is 0 Å². The van der Waals surface area contributed by atoms with Gasteiger partial charge in [-0.3, -0.25) is 4.79 Å². The van der Waals surface area contributed by atoms with Gasteiger partial charge in [0.1, 0.15) is 0 Å². The van der Waals surface area contributed by atoms with Crippen LogP contribution in [0.15, 0.2) is 59.5 Å². The number of amides is 1. The minimum Gasteiger partial charge on any atom is -0.376 e. The quantitative estimate of drug-likeness (QED) is 0.807. The molecule has 1 aliphatic carbocycles. The number of carbonyl (C=O) groups is 1. The number of hydrogen-bond donors (Lipinski definition) is 1. The van der Waals surface area contributed by atoms with Crippen LogP contribution < -0.4 is 5.32 Å². The van der Waals surface area contributed by atoms with Gasteiger partial charge in [0.15, 0.2) is 9.84 Å². The second kappa shape index (κ2) is 7.60. The maximum absolute atomic E-state index is 12.3. The Balaban J connectivity index is 1.54. The van der Waals surface area contributed by atoms with E-state index in [0.29, 0.717) is 6.54 Å². The molecular formula is C20H23NO4S. The summed E-state index contributed by atoms with van der Waals surface area (Å²) in [6.45, 7) is 0.363. The molecule has 0 unspecified atom stereocenters. The van der Waals surface area contributed by atoms with Crippen LogP contribution in [0.1, 0.15) is 17.5 Å². The number of nitrogens with one attached hydrogen (secondary N) is 1. The number of benzene rings is 2. The lowest BCUT2D eigenvalue weighted by Crippen LogP contribution is -2.45. The van der Waals surface area contributed by atoms with Crippen molar-refractivity contribution in [2.75, 3.05) is 19.4 Å². The average molecular weight is 373 g/mol. The van der Waals surface area contributed by atoms with Crippen molar-refractivity contribution in [3.63, 3.8) is 0 Å². The van der Waals surface area contributed by atoms with E-state index < -0.39 is 15.4 Å². The third-order valence-corrected chi connectivity index (χ3v) is 6.62. The van der Waals surface area contributed by atoms with Gasteiger partial charge >= 0.3 is 0 Å². The minimum atomic E-state index is -3.45. The fraction of sp³-hybridized carbons (Fsp3) is 0.350. The molecule has 3 rings (SSSR count). The van der Waals surface area contributed by atoms with Crippen molar-refractivity contribution in [2.24, 2.45) is 0 Å². The number of methoxy groups -OCH3 is 1. The molecule has 2 aromatic carbocycles. The van der Waals surface area contributed by atoms with Crippen LogP contribution in [-0.4, -0.2) is 39.3 Å². The van der Waals surface area contributed by atoms with Crippen molar-refractivity contribution < 1.29 is 17.9 Å². The number of sulfone groups is 1. The number of carbonyl (C=O) groups excluding carboxylic acids is 1. The van der Waals surface area contributed by atoms with Crippen molar-refractivity contribution in [1.29, 1.82) is 0 Å². The summed E-state index contributed by atoms with van der Waals surface area (Å²) in [5, 5.41) is 2.85. The average Bonchev–Trinajstić information content (AvgIpc) is 3.05. The van der Waals surface area contributed by atoms with Crippen LogP contribution >= 0.6 is 0 Å². The lowest BCUT2D eigenvalue weighted by molar-refractivity contribution is -0.122. The van der Waals surface area contributed by atoms with Crippen molar-refractivity contribution in [3.8, 4) is 0 Å². The van der Waals surface area contributed by atoms with Gasteiger partial charge in [-0.25, -0.2) is 8.42 Å². The van der Waals surface area contributed by atoms with E-state index in [1.165, 1.54) is 11.1 Å². The van der Waals surface area contributed by atoms with E-state index in [4.69, 9.17) is 4.74 Å². The molecule has 1 amide bonds. The second-order valence-corrected chi connectivity index (χ2v) is 8.78. The van der Waals surface area contributed by atoms with E-state index >= 15 is 0 Å². The van der Waals surface area contributed by atoms with E-state index in [9.17, 15) is 13.2 Å². The fourth-order valence-corrected chi connectivity index (χ4v) is 4.58. The molecular weight excluding hydrogens is 350 g/mol. The van der Waals surface area contributed by atoms with Crippen LogP contribution in [0.25, 0.3) is 0 Å². The highest BCUT2D eigenvalue weighted by molar-refractivity contribution is 7.91. The van der Waals surface area contributed by atoms with Crippen molar-refractivity contribution in [2.45, 2.75) is 29.8 Å². The maximum atomic E-state index is 12.3. The van der Waals surface area contributed by atoms with Crippen molar-refractivity contribution >= 4 is 15.7 Å². The van der Waals surface area contributed by atoms with Gasteiger partial charge in [0.2, 0.25) is 5.91 Å². The lowest BCUT2D eigenvalue weighted by Gasteiger charge is -2.27. The molecule has 0 spiro atoms. The number of hydrogen-bond acceptors (Lipinski definition) is 4. The van der Waals surface area contributed by atoms with Crippen LogP contribution in [0.4, 0.5) is 0 Å². The number of fused-ring (bicyclic) bond motifs is 1. The maximum Gasteiger partial charge on any atom is 0.221 e. The first-order chi connectivity index (χ1) is 12.4. The highest BCUT2D eigenvalue weighted by Crippen LogP contribution is 2.32. The molecule has 0 heterocycles. The molecule has 0 radical (unpaired) electrons. The summed E-state index contributed by atoms with van der Waals surface area (Å²) in [5.41, 5.74) is 2.00. The Morgan fingerprint density at radius 3 is 2.19 bits per heavy atom. The predicted octanol–water partition coefficient (Wildman–Crippen LogP) is 2.15. The molecule has 26 heavy (non-hydrogen) atoms. The van der Waals surface area contributed by atoms with Gasteiger partial charge in [0.05, 0.1) is 16.2 Å². The third kappa shape index (κ3) is 4.14. The zero-order valence-corrected chi connectivity index (χ0v) is 15.6. The van der Waals surface area contributed by atoms with E-state index in [1.807, 2.05) is 12.1 Å². The van der Waals surface area contributed by atoms with E-state index in [-0.39, 0.29) is 23.0 Å². The first-order valence-electron chi connectivity index (χ1n) is 8.61. The molecule has 1 aliphatic rings. The lowest BCUT2D eigenvalue weighted by atomic mass is 10.00. The Hall–Kier alpha value is -2.18. The SMILES string of the molecule is COC1(CNC(=O)CCS(=O)(=O)c2ccccc2)Cc2ccccc2C1. The highest BCUT2D eigenvalue weighted by atomic mass is 32.2. The summed E-state index contributed by atoms with van der Waals surface area (Å²) < 4.78 is 30.2. The third-order valence-electron chi connectivity index (χ3n) is 4.88. The van der Waals surface area contributed by atoms with E-state index in [2.05, 4.69) is 17.4 Å². The molecule has 138 valence electrons. The summed E-state index contributed by atoms with van der Waals surface area (Å²) in [4.78, 5) is 12.4. The van der Waals surface area contributed by atoms with Gasteiger partial charge in [-0.2, -0.15) is 0 Å². The summed E-state index contributed by atoms with van der Waals surface area (Å²) in [7, 11) is -1.80. The smallest absolute Gasteiger partial charge is 0.221 e. The molecule has 0 aliphatic heterocycles. The highest BCUT2D eigenvalue weighted by Gasteiger charge is 2.37. The summed E-state index contributed by atoms with van der Waals surface area (Å²) in [6.07, 6.45) is 1.41. The summed E-state index contributed by atoms with van der Waals surface area (Å²) in [6, 6.07) is 16.3. The Kier molecular flexibility index (Phi) is 5.44. The minimum absolute atomic E-state index is 0.0655. The van der Waals surface area contributed by atoms with Gasteiger partial charge in [-0.1, -0.05) is 42.5 Å². The topological polar surface area (TPSA) is 72.5 Å². The molecule has 1 N–H and O–H groups in total. The summed E-state index contributed by atoms with van der Waals surface area (Å²) in [5.74, 6) is -0.486. The normalized spacial score (nSPS) is 15.4. The molecule has 6 heteroatoms. The molecule has 5 nitrogen and oxygen atoms in total. The molecule has 0 saturated heterocycles. The largest absolute Gasteiger partial charge is 0.376 e. The number of ether oxygens (including phenoxy) is 1. The van der Waals surface area contributed by atoms with Crippen LogP contribution in [0.3, 0.4) is 0 Å². The zero-order chi connectivity index (χ0) is 18.6. The first-order valence-corrected chi connectivity index (χ1v) is 10.3. The monoisotopic (exact) mass is 373 g/mol. The summed E-state index contributed by atoms with van der Waals surface area (Å²) >= 11 is 0. The molecule has 0 saturated carbocycles. The van der Waals surface area contributed by atoms with Crippen molar-refractivity contribution in [3.05, 3.63) is 65.7 Å². The van der Waals surface area contributed by atoms with E-state index in [1.54, 1.807) is 37.4 Å². The van der Waals surface area contributed by atoms with Gasteiger partial charge in [0.25, 0.3) is 0 Å². The van der Waals surface area contributed by atoms with Gasteiger partial charge < -0.3 is 10.1 Å². The van der Waals surface area contributed by atoms with Gasteiger partial charge in [-0.15, -0.1) is 0 Å². The Morgan fingerprint density at radius 2 is 1.62 bits per heavy atom. The van der Waals surface area contributed by atoms with Crippen LogP contribution in [-0.2, 0) is 32.2 Å².